The summed E-state index contributed by atoms with van der Waals surface area (Å²) < 4.78 is 65.6. The quantitative estimate of drug-likeness (QED) is 0.556. The van der Waals surface area contributed by atoms with Crippen molar-refractivity contribution in [3.05, 3.63) is 59.1 Å². The number of rotatable bonds is 8. The van der Waals surface area contributed by atoms with Crippen LogP contribution in [-0.2, 0) is 10.0 Å². The van der Waals surface area contributed by atoms with Crippen LogP contribution in [-0.4, -0.2) is 45.5 Å². The predicted molar refractivity (Wildman–Crippen MR) is 110 cm³/mol. The maximum atomic E-state index is 13.0. The Hall–Kier alpha value is -2.26. The molecule has 30 heavy (non-hydrogen) atoms. The van der Waals surface area contributed by atoms with E-state index >= 15 is 0 Å². The van der Waals surface area contributed by atoms with Crippen molar-refractivity contribution in [2.45, 2.75) is 30.8 Å². The molecular weight excluding hydrogens is 441 g/mol. The molecule has 0 radical (unpaired) electrons. The highest BCUT2D eigenvalue weighted by Gasteiger charge is 2.33. The third kappa shape index (κ3) is 6.12. The van der Waals surface area contributed by atoms with E-state index < -0.39 is 28.7 Å². The normalized spacial score (nSPS) is 11.9. The Morgan fingerprint density at radius 3 is 2.37 bits per heavy atom. The van der Waals surface area contributed by atoms with Gasteiger partial charge in [-0.25, -0.2) is 8.42 Å². The molecule has 0 saturated carbocycles. The number of carbonyl (C=O) groups is 1. The third-order valence-electron chi connectivity index (χ3n) is 4.35. The van der Waals surface area contributed by atoms with Gasteiger partial charge < -0.3 is 4.90 Å². The fourth-order valence-electron chi connectivity index (χ4n) is 2.76. The van der Waals surface area contributed by atoms with Crippen molar-refractivity contribution < 1.29 is 26.4 Å². The van der Waals surface area contributed by atoms with Crippen molar-refractivity contribution in [1.82, 2.24) is 4.90 Å². The molecule has 164 valence electrons. The van der Waals surface area contributed by atoms with Crippen LogP contribution in [0.5, 0.6) is 0 Å². The summed E-state index contributed by atoms with van der Waals surface area (Å²) in [7, 11) is -2.73. The Bertz CT molecular complexity index is 997. The fourth-order valence-corrected chi connectivity index (χ4v) is 4.18. The van der Waals surface area contributed by atoms with Gasteiger partial charge in [0.1, 0.15) is 6.54 Å². The topological polar surface area (TPSA) is 57.7 Å². The second-order valence-corrected chi connectivity index (χ2v) is 9.08. The molecule has 1 amide bonds. The van der Waals surface area contributed by atoms with Crippen LogP contribution in [0.1, 0.15) is 30.1 Å². The monoisotopic (exact) mass is 462 g/mol. The van der Waals surface area contributed by atoms with Crippen molar-refractivity contribution in [3.63, 3.8) is 0 Å². The van der Waals surface area contributed by atoms with Gasteiger partial charge in [0.25, 0.3) is 15.9 Å². The summed E-state index contributed by atoms with van der Waals surface area (Å²) in [5, 5.41) is 0.345. The van der Waals surface area contributed by atoms with Gasteiger partial charge in [0.15, 0.2) is 0 Å². The first-order chi connectivity index (χ1) is 14.0. The summed E-state index contributed by atoms with van der Waals surface area (Å²) in [5.41, 5.74) is 0.178. The number of hydrogen-bond donors (Lipinski definition) is 0. The van der Waals surface area contributed by atoms with E-state index in [2.05, 4.69) is 0 Å². The van der Waals surface area contributed by atoms with E-state index in [-0.39, 0.29) is 17.0 Å². The molecule has 0 spiro atoms. The Labute approximate surface area is 179 Å². The molecule has 2 rings (SSSR count). The zero-order valence-corrected chi connectivity index (χ0v) is 18.1. The standard InChI is InChI=1S/C20H22ClF3N2O3S/c1-3-4-11-26(14-20(22,23)24)19(27)15-7-5-10-18(12-15)30(28,29)25(2)17-9-6-8-16(21)13-17/h5-10,12-13H,3-4,11,14H2,1-2H3. The van der Waals surface area contributed by atoms with Crippen LogP contribution in [0.2, 0.25) is 5.02 Å². The lowest BCUT2D eigenvalue weighted by Crippen LogP contribution is -2.39. The highest BCUT2D eigenvalue weighted by Crippen LogP contribution is 2.26. The van der Waals surface area contributed by atoms with E-state index in [4.69, 9.17) is 11.6 Å². The summed E-state index contributed by atoms with van der Waals surface area (Å²) in [6.07, 6.45) is -3.54. The highest BCUT2D eigenvalue weighted by molar-refractivity contribution is 7.92. The molecule has 0 atom stereocenters. The maximum absolute atomic E-state index is 13.0. The predicted octanol–water partition coefficient (Wildman–Crippen LogP) is 4.97. The van der Waals surface area contributed by atoms with Gasteiger partial charge in [0, 0.05) is 24.2 Å². The first kappa shape index (κ1) is 24.0. The molecule has 0 aliphatic rings. The van der Waals surface area contributed by atoms with Crippen molar-refractivity contribution in [3.8, 4) is 0 Å². The molecule has 10 heteroatoms. The Kier molecular flexibility index (Phi) is 7.76. The molecule has 0 heterocycles. The average Bonchev–Trinajstić information content (AvgIpc) is 2.69. The fraction of sp³-hybridized carbons (Fsp3) is 0.350. The zero-order chi connectivity index (χ0) is 22.5. The smallest absolute Gasteiger partial charge is 0.330 e. The molecule has 0 fully saturated rings. The lowest BCUT2D eigenvalue weighted by Gasteiger charge is -2.24. The second-order valence-electron chi connectivity index (χ2n) is 6.68. The van der Waals surface area contributed by atoms with E-state index in [9.17, 15) is 26.4 Å². The number of sulfonamides is 1. The highest BCUT2D eigenvalue weighted by atomic mass is 35.5. The number of benzene rings is 2. The minimum absolute atomic E-state index is 0.0752. The van der Waals surface area contributed by atoms with Crippen molar-refractivity contribution in [1.29, 1.82) is 0 Å². The first-order valence-electron chi connectivity index (χ1n) is 9.16. The summed E-state index contributed by atoms with van der Waals surface area (Å²) in [4.78, 5) is 13.2. The molecule has 5 nitrogen and oxygen atoms in total. The molecule has 0 aromatic heterocycles. The van der Waals surface area contributed by atoms with Crippen LogP contribution < -0.4 is 4.31 Å². The van der Waals surface area contributed by atoms with Crippen molar-refractivity contribution in [2.24, 2.45) is 0 Å². The summed E-state index contributed by atoms with van der Waals surface area (Å²) >= 11 is 5.92. The molecule has 0 saturated heterocycles. The van der Waals surface area contributed by atoms with Crippen molar-refractivity contribution >= 4 is 33.2 Å². The largest absolute Gasteiger partial charge is 0.406 e. The summed E-state index contributed by atoms with van der Waals surface area (Å²) in [5.74, 6) is -0.872. The lowest BCUT2D eigenvalue weighted by atomic mass is 10.2. The average molecular weight is 463 g/mol. The number of halogens is 4. The SMILES string of the molecule is CCCCN(CC(F)(F)F)C(=O)c1cccc(S(=O)(=O)N(C)c2cccc(Cl)c2)c1. The summed E-state index contributed by atoms with van der Waals surface area (Å²) in [6.45, 7) is 0.328. The molecule has 0 aliphatic carbocycles. The van der Waals surface area contributed by atoms with E-state index in [1.54, 1.807) is 25.1 Å². The van der Waals surface area contributed by atoms with Crippen LogP contribution in [0.3, 0.4) is 0 Å². The van der Waals surface area contributed by atoms with Gasteiger partial charge in [-0.05, 0) is 42.8 Å². The molecule has 2 aromatic rings. The summed E-state index contributed by atoms with van der Waals surface area (Å²) in [6, 6.07) is 11.2. The van der Waals surface area contributed by atoms with Gasteiger partial charge in [0.05, 0.1) is 10.6 Å². The van der Waals surface area contributed by atoms with Crippen LogP contribution in [0, 0.1) is 0 Å². The van der Waals surface area contributed by atoms with E-state index in [1.807, 2.05) is 0 Å². The molecule has 0 bridgehead atoms. The molecule has 0 N–H and O–H groups in total. The minimum Gasteiger partial charge on any atom is -0.330 e. The Balaban J connectivity index is 2.36. The minimum atomic E-state index is -4.56. The van der Waals surface area contributed by atoms with Gasteiger partial charge in [-0.15, -0.1) is 0 Å². The number of unbranched alkanes of at least 4 members (excludes halogenated alkanes) is 1. The van der Waals surface area contributed by atoms with Crippen LogP contribution in [0.15, 0.2) is 53.4 Å². The number of amides is 1. The Morgan fingerprint density at radius 1 is 1.10 bits per heavy atom. The van der Waals surface area contributed by atoms with Gasteiger partial charge in [-0.3, -0.25) is 9.10 Å². The number of carbonyl (C=O) groups excluding carboxylic acids is 1. The number of hydrogen-bond acceptors (Lipinski definition) is 3. The van der Waals surface area contributed by atoms with E-state index in [0.29, 0.717) is 28.5 Å². The van der Waals surface area contributed by atoms with Crippen LogP contribution >= 0.6 is 11.6 Å². The zero-order valence-electron chi connectivity index (χ0n) is 16.5. The number of anilines is 1. The second kappa shape index (κ2) is 9.70. The van der Waals surface area contributed by atoms with Crippen LogP contribution in [0.4, 0.5) is 18.9 Å². The third-order valence-corrected chi connectivity index (χ3v) is 6.37. The van der Waals surface area contributed by atoms with Gasteiger partial charge in [0.2, 0.25) is 0 Å². The molecular formula is C20H22ClF3N2O3S. The molecule has 2 aromatic carbocycles. The number of alkyl halides is 3. The van der Waals surface area contributed by atoms with E-state index in [1.165, 1.54) is 31.3 Å². The Morgan fingerprint density at radius 2 is 1.77 bits per heavy atom. The van der Waals surface area contributed by atoms with E-state index in [0.717, 1.165) is 10.4 Å². The number of nitrogens with zero attached hydrogens (tertiary/aromatic N) is 2. The van der Waals surface area contributed by atoms with Gasteiger partial charge >= 0.3 is 6.18 Å². The molecule has 0 unspecified atom stereocenters. The first-order valence-corrected chi connectivity index (χ1v) is 11.0. The maximum Gasteiger partial charge on any atom is 0.406 e. The molecule has 0 aliphatic heterocycles. The van der Waals surface area contributed by atoms with Gasteiger partial charge in [-0.2, -0.15) is 13.2 Å². The van der Waals surface area contributed by atoms with Gasteiger partial charge in [-0.1, -0.05) is 37.1 Å². The van der Waals surface area contributed by atoms with Crippen molar-refractivity contribution in [2.75, 3.05) is 24.4 Å². The van der Waals surface area contributed by atoms with Crippen LogP contribution in [0.25, 0.3) is 0 Å². The lowest BCUT2D eigenvalue weighted by molar-refractivity contribution is -0.140.